The zero-order valence-corrected chi connectivity index (χ0v) is 10.6. The second-order valence-corrected chi connectivity index (χ2v) is 4.57. The molecule has 0 amide bonds. The highest BCUT2D eigenvalue weighted by molar-refractivity contribution is 6.30. The van der Waals surface area contributed by atoms with E-state index in [4.69, 9.17) is 21.1 Å². The van der Waals surface area contributed by atoms with Gasteiger partial charge in [-0.1, -0.05) is 11.6 Å². The van der Waals surface area contributed by atoms with Crippen molar-refractivity contribution in [2.24, 2.45) is 0 Å². The van der Waals surface area contributed by atoms with Crippen LogP contribution >= 0.6 is 11.6 Å². The normalized spacial score (nSPS) is 19.7. The Labute approximate surface area is 110 Å². The Morgan fingerprint density at radius 2 is 2.33 bits per heavy atom. The molecule has 0 bridgehead atoms. The second-order valence-electron chi connectivity index (χ2n) is 4.14. The fourth-order valence-corrected chi connectivity index (χ4v) is 2.02. The van der Waals surface area contributed by atoms with Crippen molar-refractivity contribution in [2.75, 3.05) is 6.61 Å². The molecule has 0 aliphatic carbocycles. The SMILES string of the molecule is O=[N+]([O-])c1cc(Cl)ccc1COC1CCCCO1. The van der Waals surface area contributed by atoms with Crippen molar-refractivity contribution < 1.29 is 14.4 Å². The Bertz CT molecular complexity index is 432. The molecule has 0 aromatic heterocycles. The number of hydrogen-bond donors (Lipinski definition) is 0. The fraction of sp³-hybridized carbons (Fsp3) is 0.500. The zero-order chi connectivity index (χ0) is 13.0. The maximum absolute atomic E-state index is 10.9. The molecule has 1 atom stereocenters. The van der Waals surface area contributed by atoms with Gasteiger partial charge in [-0.3, -0.25) is 10.1 Å². The van der Waals surface area contributed by atoms with Gasteiger partial charge < -0.3 is 9.47 Å². The third-order valence-corrected chi connectivity index (χ3v) is 3.04. The molecule has 1 heterocycles. The minimum Gasteiger partial charge on any atom is -0.353 e. The summed E-state index contributed by atoms with van der Waals surface area (Å²) < 4.78 is 10.9. The average molecular weight is 272 g/mol. The zero-order valence-electron chi connectivity index (χ0n) is 9.80. The third kappa shape index (κ3) is 3.41. The smallest absolute Gasteiger partial charge is 0.276 e. The van der Waals surface area contributed by atoms with Gasteiger partial charge in [0.15, 0.2) is 6.29 Å². The largest absolute Gasteiger partial charge is 0.353 e. The number of nitro groups is 1. The maximum Gasteiger partial charge on any atom is 0.276 e. The average Bonchev–Trinajstić information content (AvgIpc) is 2.38. The standard InChI is InChI=1S/C12H14ClNO4/c13-10-5-4-9(11(7-10)14(15)16)8-18-12-3-1-2-6-17-12/h4-5,7,12H,1-3,6,8H2. The van der Waals surface area contributed by atoms with Crippen LogP contribution in [0.25, 0.3) is 0 Å². The van der Waals surface area contributed by atoms with E-state index in [9.17, 15) is 10.1 Å². The highest BCUT2D eigenvalue weighted by Crippen LogP contribution is 2.25. The van der Waals surface area contributed by atoms with Crippen LogP contribution in [0.2, 0.25) is 5.02 Å². The van der Waals surface area contributed by atoms with Gasteiger partial charge >= 0.3 is 0 Å². The van der Waals surface area contributed by atoms with Crippen molar-refractivity contribution >= 4 is 17.3 Å². The van der Waals surface area contributed by atoms with E-state index in [0.717, 1.165) is 19.3 Å². The summed E-state index contributed by atoms with van der Waals surface area (Å²) >= 11 is 5.74. The van der Waals surface area contributed by atoms with Crippen molar-refractivity contribution in [1.82, 2.24) is 0 Å². The van der Waals surface area contributed by atoms with Gasteiger partial charge in [-0.2, -0.15) is 0 Å². The van der Waals surface area contributed by atoms with E-state index in [1.54, 1.807) is 12.1 Å². The summed E-state index contributed by atoms with van der Waals surface area (Å²) in [5.41, 5.74) is 0.497. The highest BCUT2D eigenvalue weighted by Gasteiger charge is 2.18. The third-order valence-electron chi connectivity index (χ3n) is 2.81. The topological polar surface area (TPSA) is 61.6 Å². The number of nitro benzene ring substituents is 1. The van der Waals surface area contributed by atoms with Gasteiger partial charge in [-0.15, -0.1) is 0 Å². The Kier molecular flexibility index (Phi) is 4.52. The van der Waals surface area contributed by atoms with Crippen LogP contribution in [0.3, 0.4) is 0 Å². The lowest BCUT2D eigenvalue weighted by atomic mass is 10.2. The summed E-state index contributed by atoms with van der Waals surface area (Å²) in [4.78, 5) is 10.4. The van der Waals surface area contributed by atoms with Crippen LogP contribution in [-0.2, 0) is 16.1 Å². The first-order valence-corrected chi connectivity index (χ1v) is 6.20. The van der Waals surface area contributed by atoms with E-state index in [1.165, 1.54) is 6.07 Å². The summed E-state index contributed by atoms with van der Waals surface area (Å²) in [6.07, 6.45) is 2.68. The van der Waals surface area contributed by atoms with Crippen molar-refractivity contribution in [3.8, 4) is 0 Å². The molecule has 18 heavy (non-hydrogen) atoms. The lowest BCUT2D eigenvalue weighted by Crippen LogP contribution is -2.22. The molecule has 6 heteroatoms. The van der Waals surface area contributed by atoms with Gasteiger partial charge in [-0.05, 0) is 31.4 Å². The second kappa shape index (κ2) is 6.13. The number of nitrogens with zero attached hydrogens (tertiary/aromatic N) is 1. The molecule has 1 fully saturated rings. The van der Waals surface area contributed by atoms with E-state index in [2.05, 4.69) is 0 Å². The number of halogens is 1. The van der Waals surface area contributed by atoms with Crippen molar-refractivity contribution in [3.05, 3.63) is 38.9 Å². The Hall–Kier alpha value is -1.17. The molecule has 1 aromatic rings. The van der Waals surface area contributed by atoms with Crippen molar-refractivity contribution in [3.63, 3.8) is 0 Å². The minimum atomic E-state index is -0.452. The Morgan fingerprint density at radius 1 is 1.50 bits per heavy atom. The van der Waals surface area contributed by atoms with Gasteiger partial charge in [0.05, 0.1) is 17.1 Å². The van der Waals surface area contributed by atoms with Gasteiger partial charge in [0, 0.05) is 17.7 Å². The summed E-state index contributed by atoms with van der Waals surface area (Å²) in [7, 11) is 0. The lowest BCUT2D eigenvalue weighted by Gasteiger charge is -2.22. The molecule has 0 N–H and O–H groups in total. The fourth-order valence-electron chi connectivity index (χ4n) is 1.85. The van der Waals surface area contributed by atoms with Crippen LogP contribution in [0, 0.1) is 10.1 Å². The first-order valence-electron chi connectivity index (χ1n) is 5.83. The molecule has 1 aromatic carbocycles. The first-order chi connectivity index (χ1) is 8.66. The molecular weight excluding hydrogens is 258 g/mol. The summed E-state index contributed by atoms with van der Waals surface area (Å²) in [6.45, 7) is 0.853. The van der Waals surface area contributed by atoms with Crippen LogP contribution in [0.4, 0.5) is 5.69 Å². The maximum atomic E-state index is 10.9. The van der Waals surface area contributed by atoms with Gasteiger partial charge in [-0.25, -0.2) is 0 Å². The predicted molar refractivity (Wildman–Crippen MR) is 66.5 cm³/mol. The lowest BCUT2D eigenvalue weighted by molar-refractivity contribution is -0.386. The summed E-state index contributed by atoms with van der Waals surface area (Å²) in [5, 5.41) is 11.2. The molecule has 98 valence electrons. The molecule has 2 rings (SSSR count). The van der Waals surface area contributed by atoms with Crippen LogP contribution in [-0.4, -0.2) is 17.8 Å². The van der Waals surface area contributed by atoms with E-state index in [-0.39, 0.29) is 18.6 Å². The molecule has 0 radical (unpaired) electrons. The number of benzene rings is 1. The van der Waals surface area contributed by atoms with E-state index < -0.39 is 4.92 Å². The van der Waals surface area contributed by atoms with Gasteiger partial charge in [0.2, 0.25) is 0 Å². The first kappa shape index (κ1) is 13.3. The van der Waals surface area contributed by atoms with Crippen molar-refractivity contribution in [2.45, 2.75) is 32.2 Å². The van der Waals surface area contributed by atoms with Crippen LogP contribution in [0.5, 0.6) is 0 Å². The van der Waals surface area contributed by atoms with Gasteiger partial charge in [0.1, 0.15) is 0 Å². The monoisotopic (exact) mass is 271 g/mol. The summed E-state index contributed by atoms with van der Waals surface area (Å²) in [5.74, 6) is 0. The number of rotatable bonds is 4. The molecule has 1 unspecified atom stereocenters. The molecule has 1 saturated heterocycles. The van der Waals surface area contributed by atoms with Crippen LogP contribution in [0.1, 0.15) is 24.8 Å². The van der Waals surface area contributed by atoms with Crippen LogP contribution < -0.4 is 0 Å². The predicted octanol–water partition coefficient (Wildman–Crippen LogP) is 3.29. The Balaban J connectivity index is 2.01. The quantitative estimate of drug-likeness (QED) is 0.623. The van der Waals surface area contributed by atoms with Crippen LogP contribution in [0.15, 0.2) is 18.2 Å². The van der Waals surface area contributed by atoms with E-state index in [0.29, 0.717) is 17.2 Å². The molecular formula is C12H14ClNO4. The molecule has 0 spiro atoms. The van der Waals surface area contributed by atoms with E-state index in [1.807, 2.05) is 0 Å². The number of ether oxygens (including phenoxy) is 2. The Morgan fingerprint density at radius 3 is 3.00 bits per heavy atom. The molecule has 0 saturated carbocycles. The molecule has 1 aliphatic rings. The van der Waals surface area contributed by atoms with Gasteiger partial charge in [0.25, 0.3) is 5.69 Å². The molecule has 1 aliphatic heterocycles. The number of hydrogen-bond acceptors (Lipinski definition) is 4. The summed E-state index contributed by atoms with van der Waals surface area (Å²) in [6, 6.07) is 4.57. The van der Waals surface area contributed by atoms with E-state index >= 15 is 0 Å². The minimum absolute atomic E-state index is 0.0155. The highest BCUT2D eigenvalue weighted by atomic mass is 35.5. The molecule has 5 nitrogen and oxygen atoms in total. The van der Waals surface area contributed by atoms with Crippen molar-refractivity contribution in [1.29, 1.82) is 0 Å².